The van der Waals surface area contributed by atoms with Crippen molar-refractivity contribution in [3.05, 3.63) is 28.8 Å². The van der Waals surface area contributed by atoms with Crippen molar-refractivity contribution in [1.29, 1.82) is 0 Å². The van der Waals surface area contributed by atoms with Gasteiger partial charge >= 0.3 is 6.03 Å². The number of amides is 2. The number of aryl methyl sites for hydroxylation is 3. The second-order valence-corrected chi connectivity index (χ2v) is 3.46. The first-order chi connectivity index (χ1) is 6.54. The van der Waals surface area contributed by atoms with Crippen molar-refractivity contribution in [2.75, 3.05) is 12.4 Å². The van der Waals surface area contributed by atoms with Crippen molar-refractivity contribution in [2.45, 2.75) is 20.8 Å². The summed E-state index contributed by atoms with van der Waals surface area (Å²) in [5.74, 6) is 0. The van der Waals surface area contributed by atoms with Gasteiger partial charge in [0.25, 0.3) is 0 Å². The van der Waals surface area contributed by atoms with Crippen LogP contribution in [0.2, 0.25) is 0 Å². The van der Waals surface area contributed by atoms with Crippen LogP contribution in [0, 0.1) is 20.8 Å². The second-order valence-electron chi connectivity index (χ2n) is 3.46. The Hall–Kier alpha value is -1.51. The molecular formula is C11H16N2O. The van der Waals surface area contributed by atoms with E-state index in [1.807, 2.05) is 19.9 Å². The van der Waals surface area contributed by atoms with Gasteiger partial charge in [-0.3, -0.25) is 0 Å². The topological polar surface area (TPSA) is 41.1 Å². The Morgan fingerprint density at radius 2 is 1.64 bits per heavy atom. The average molecular weight is 192 g/mol. The van der Waals surface area contributed by atoms with Crippen LogP contribution in [0.25, 0.3) is 0 Å². The quantitative estimate of drug-likeness (QED) is 0.704. The number of carbonyl (C=O) groups is 1. The lowest BCUT2D eigenvalue weighted by atomic mass is 10.1. The third kappa shape index (κ3) is 2.25. The van der Waals surface area contributed by atoms with Crippen molar-refractivity contribution in [2.24, 2.45) is 0 Å². The number of urea groups is 1. The van der Waals surface area contributed by atoms with Crippen LogP contribution in [0.15, 0.2) is 12.1 Å². The van der Waals surface area contributed by atoms with E-state index in [2.05, 4.69) is 23.6 Å². The Balaban J connectivity index is 2.98. The van der Waals surface area contributed by atoms with Crippen LogP contribution in [0.4, 0.5) is 10.5 Å². The van der Waals surface area contributed by atoms with Crippen LogP contribution in [-0.4, -0.2) is 13.1 Å². The maximum atomic E-state index is 11.1. The minimum absolute atomic E-state index is 0.184. The lowest BCUT2D eigenvalue weighted by Crippen LogP contribution is -2.24. The summed E-state index contributed by atoms with van der Waals surface area (Å²) in [6, 6.07) is 3.87. The van der Waals surface area contributed by atoms with Crippen molar-refractivity contribution in [3.63, 3.8) is 0 Å². The van der Waals surface area contributed by atoms with E-state index in [0.29, 0.717) is 0 Å². The van der Waals surface area contributed by atoms with Gasteiger partial charge in [-0.15, -0.1) is 0 Å². The van der Waals surface area contributed by atoms with Crippen molar-refractivity contribution in [1.82, 2.24) is 5.32 Å². The molecule has 0 aliphatic rings. The zero-order valence-corrected chi connectivity index (χ0v) is 9.06. The summed E-state index contributed by atoms with van der Waals surface area (Å²) in [6.07, 6.45) is 0. The lowest BCUT2D eigenvalue weighted by Gasteiger charge is -2.10. The van der Waals surface area contributed by atoms with Gasteiger partial charge in [-0.05, 0) is 43.5 Å². The van der Waals surface area contributed by atoms with Crippen LogP contribution < -0.4 is 10.6 Å². The van der Waals surface area contributed by atoms with Gasteiger partial charge in [0.1, 0.15) is 0 Å². The van der Waals surface area contributed by atoms with E-state index in [1.54, 1.807) is 7.05 Å². The van der Waals surface area contributed by atoms with Gasteiger partial charge in [-0.2, -0.15) is 0 Å². The molecule has 0 saturated heterocycles. The Kier molecular flexibility index (Phi) is 3.12. The smallest absolute Gasteiger partial charge is 0.318 e. The molecule has 1 aromatic carbocycles. The molecule has 2 N–H and O–H groups in total. The summed E-state index contributed by atoms with van der Waals surface area (Å²) in [4.78, 5) is 11.1. The molecule has 0 bridgehead atoms. The maximum Gasteiger partial charge on any atom is 0.318 e. The summed E-state index contributed by atoms with van der Waals surface area (Å²) in [5.41, 5.74) is 4.37. The van der Waals surface area contributed by atoms with Crippen molar-refractivity contribution >= 4 is 11.7 Å². The zero-order chi connectivity index (χ0) is 10.7. The monoisotopic (exact) mass is 192 g/mol. The summed E-state index contributed by atoms with van der Waals surface area (Å²) in [7, 11) is 1.60. The van der Waals surface area contributed by atoms with Gasteiger partial charge in [0.05, 0.1) is 0 Å². The molecule has 3 nitrogen and oxygen atoms in total. The van der Waals surface area contributed by atoms with Gasteiger partial charge in [-0.25, -0.2) is 4.79 Å². The highest BCUT2D eigenvalue weighted by Crippen LogP contribution is 2.19. The summed E-state index contributed by atoms with van der Waals surface area (Å²) >= 11 is 0. The number of rotatable bonds is 1. The van der Waals surface area contributed by atoms with Gasteiger partial charge < -0.3 is 10.6 Å². The molecule has 14 heavy (non-hydrogen) atoms. The molecule has 0 saturated carbocycles. The number of carbonyl (C=O) groups excluding carboxylic acids is 1. The van der Waals surface area contributed by atoms with E-state index >= 15 is 0 Å². The minimum Gasteiger partial charge on any atom is -0.341 e. The number of nitrogens with one attached hydrogen (secondary N) is 2. The van der Waals surface area contributed by atoms with Gasteiger partial charge in [-0.1, -0.05) is 6.07 Å². The molecule has 0 unspecified atom stereocenters. The Morgan fingerprint density at radius 3 is 2.21 bits per heavy atom. The molecule has 2 amide bonds. The number of benzene rings is 1. The first-order valence-corrected chi connectivity index (χ1v) is 4.61. The highest BCUT2D eigenvalue weighted by atomic mass is 16.2. The van der Waals surface area contributed by atoms with E-state index in [1.165, 1.54) is 11.1 Å². The molecule has 0 aliphatic heterocycles. The number of hydrogen-bond donors (Lipinski definition) is 2. The molecule has 1 aromatic rings. The van der Waals surface area contributed by atoms with Crippen molar-refractivity contribution < 1.29 is 4.79 Å². The fourth-order valence-corrected chi connectivity index (χ4v) is 1.28. The molecule has 1 rings (SSSR count). The molecule has 3 heteroatoms. The third-order valence-corrected chi connectivity index (χ3v) is 2.32. The van der Waals surface area contributed by atoms with Gasteiger partial charge in [0.15, 0.2) is 0 Å². The van der Waals surface area contributed by atoms with E-state index in [0.717, 1.165) is 11.3 Å². The maximum absolute atomic E-state index is 11.1. The molecule has 0 spiro atoms. The molecule has 0 aromatic heterocycles. The fraction of sp³-hybridized carbons (Fsp3) is 0.364. The zero-order valence-electron chi connectivity index (χ0n) is 9.06. The standard InChI is InChI=1S/C11H16N2O/c1-7-5-9(3)10(6-8(7)2)13-11(14)12-4/h5-6H,1-4H3,(H2,12,13,14). The van der Waals surface area contributed by atoms with Crippen LogP contribution >= 0.6 is 0 Å². The molecule has 0 aliphatic carbocycles. The van der Waals surface area contributed by atoms with E-state index < -0.39 is 0 Å². The number of hydrogen-bond acceptors (Lipinski definition) is 1. The van der Waals surface area contributed by atoms with Crippen LogP contribution in [0.3, 0.4) is 0 Å². The summed E-state index contributed by atoms with van der Waals surface area (Å²) < 4.78 is 0. The highest BCUT2D eigenvalue weighted by Gasteiger charge is 2.04. The third-order valence-electron chi connectivity index (χ3n) is 2.32. The van der Waals surface area contributed by atoms with Crippen LogP contribution in [-0.2, 0) is 0 Å². The Labute approximate surface area is 84.5 Å². The van der Waals surface area contributed by atoms with E-state index in [4.69, 9.17) is 0 Å². The Morgan fingerprint density at radius 1 is 1.07 bits per heavy atom. The second kappa shape index (κ2) is 4.13. The van der Waals surface area contributed by atoms with Crippen LogP contribution in [0.5, 0.6) is 0 Å². The molecule has 0 heterocycles. The first-order valence-electron chi connectivity index (χ1n) is 4.61. The first kappa shape index (κ1) is 10.6. The van der Waals surface area contributed by atoms with Gasteiger partial charge in [0, 0.05) is 12.7 Å². The van der Waals surface area contributed by atoms with Crippen LogP contribution in [0.1, 0.15) is 16.7 Å². The van der Waals surface area contributed by atoms with E-state index in [-0.39, 0.29) is 6.03 Å². The fourth-order valence-electron chi connectivity index (χ4n) is 1.28. The Bertz CT molecular complexity index is 359. The molecular weight excluding hydrogens is 176 g/mol. The molecule has 0 atom stereocenters. The SMILES string of the molecule is CNC(=O)Nc1cc(C)c(C)cc1C. The van der Waals surface area contributed by atoms with Gasteiger partial charge in [0.2, 0.25) is 0 Å². The summed E-state index contributed by atoms with van der Waals surface area (Å²) in [5, 5.41) is 5.30. The number of anilines is 1. The summed E-state index contributed by atoms with van der Waals surface area (Å²) in [6.45, 7) is 6.08. The molecule has 0 fully saturated rings. The largest absolute Gasteiger partial charge is 0.341 e. The van der Waals surface area contributed by atoms with E-state index in [9.17, 15) is 4.79 Å². The van der Waals surface area contributed by atoms with Crippen molar-refractivity contribution in [3.8, 4) is 0 Å². The molecule has 76 valence electrons. The predicted octanol–water partition coefficient (Wildman–Crippen LogP) is 2.36. The highest BCUT2D eigenvalue weighted by molar-refractivity contribution is 5.90. The average Bonchev–Trinajstić information content (AvgIpc) is 2.14. The normalized spacial score (nSPS) is 9.71. The molecule has 0 radical (unpaired) electrons. The lowest BCUT2D eigenvalue weighted by molar-refractivity contribution is 0.254. The predicted molar refractivity (Wildman–Crippen MR) is 58.7 cm³/mol. The minimum atomic E-state index is -0.184.